The first kappa shape index (κ1) is 17.4. The fraction of sp³-hybridized carbons (Fsp3) is 0.100. The second kappa shape index (κ2) is 6.85. The van der Waals surface area contributed by atoms with E-state index in [2.05, 4.69) is 5.32 Å². The number of carboxylic acid groups (broad SMARTS) is 1. The van der Waals surface area contributed by atoms with Crippen LogP contribution in [0.25, 0.3) is 5.57 Å². The molecule has 132 valence electrons. The number of benzene rings is 2. The van der Waals surface area contributed by atoms with Crippen LogP contribution in [0.4, 0.5) is 5.69 Å². The van der Waals surface area contributed by atoms with Crippen LogP contribution in [0.1, 0.15) is 22.3 Å². The van der Waals surface area contributed by atoms with Gasteiger partial charge in [0.2, 0.25) is 0 Å². The van der Waals surface area contributed by atoms with Crippen LogP contribution in [0.2, 0.25) is 0 Å². The van der Waals surface area contributed by atoms with Gasteiger partial charge in [0.15, 0.2) is 0 Å². The first-order valence-corrected chi connectivity index (χ1v) is 8.06. The number of rotatable bonds is 4. The Bertz CT molecular complexity index is 902. The quantitative estimate of drug-likeness (QED) is 0.498. The van der Waals surface area contributed by atoms with E-state index in [1.54, 1.807) is 24.3 Å². The number of anilines is 1. The molecule has 3 rings (SSSR count). The molecular formula is C20H19N3O3. The molecule has 2 aromatic carbocycles. The smallest absolute Gasteiger partial charge is 0.335 e. The van der Waals surface area contributed by atoms with Gasteiger partial charge in [-0.05, 0) is 47.6 Å². The molecule has 0 saturated carbocycles. The Balaban J connectivity index is 1.88. The molecule has 0 aromatic heterocycles. The number of carbonyl (C=O) groups is 2. The van der Waals surface area contributed by atoms with E-state index < -0.39 is 11.6 Å². The van der Waals surface area contributed by atoms with E-state index in [4.69, 9.17) is 11.5 Å². The van der Waals surface area contributed by atoms with Gasteiger partial charge in [-0.1, -0.05) is 30.3 Å². The predicted molar refractivity (Wildman–Crippen MR) is 100.0 cm³/mol. The molecule has 0 fully saturated rings. The van der Waals surface area contributed by atoms with E-state index >= 15 is 0 Å². The second-order valence-corrected chi connectivity index (χ2v) is 6.19. The summed E-state index contributed by atoms with van der Waals surface area (Å²) in [5.74, 6) is -1.39. The van der Waals surface area contributed by atoms with Crippen molar-refractivity contribution in [2.45, 2.75) is 12.1 Å². The van der Waals surface area contributed by atoms with E-state index in [0.717, 1.165) is 5.56 Å². The lowest BCUT2D eigenvalue weighted by molar-refractivity contribution is -0.132. The molecule has 6 N–H and O–H groups in total. The number of nitrogens with one attached hydrogen (secondary N) is 1. The van der Waals surface area contributed by atoms with Gasteiger partial charge >= 0.3 is 5.97 Å². The zero-order valence-electron chi connectivity index (χ0n) is 14.0. The highest BCUT2D eigenvalue weighted by molar-refractivity contribution is 6.01. The second-order valence-electron chi connectivity index (χ2n) is 6.19. The average Bonchev–Trinajstić information content (AvgIpc) is 2.62. The Morgan fingerprint density at radius 1 is 1.04 bits per heavy atom. The van der Waals surface area contributed by atoms with Gasteiger partial charge in [-0.15, -0.1) is 0 Å². The Morgan fingerprint density at radius 2 is 1.69 bits per heavy atom. The van der Waals surface area contributed by atoms with Crippen molar-refractivity contribution >= 4 is 23.1 Å². The SMILES string of the molecule is Nc1ccc(C(=O)NC2(N)C=CC(C(=O)O)=C(c3ccccc3)C2)cc1. The van der Waals surface area contributed by atoms with E-state index in [-0.39, 0.29) is 17.9 Å². The molecular weight excluding hydrogens is 330 g/mol. The highest BCUT2D eigenvalue weighted by Gasteiger charge is 2.32. The van der Waals surface area contributed by atoms with Crippen molar-refractivity contribution in [3.63, 3.8) is 0 Å². The fourth-order valence-electron chi connectivity index (χ4n) is 2.88. The molecule has 6 heteroatoms. The number of hydrogen-bond donors (Lipinski definition) is 4. The minimum atomic E-state index is -1.19. The largest absolute Gasteiger partial charge is 0.478 e. The van der Waals surface area contributed by atoms with Gasteiger partial charge in [-0.2, -0.15) is 0 Å². The molecule has 0 bridgehead atoms. The van der Waals surface area contributed by atoms with Crippen molar-refractivity contribution in [3.05, 3.63) is 83.4 Å². The molecule has 1 aliphatic rings. The Labute approximate surface area is 150 Å². The molecule has 0 heterocycles. The van der Waals surface area contributed by atoms with Crippen LogP contribution >= 0.6 is 0 Å². The third kappa shape index (κ3) is 3.65. The fourth-order valence-corrected chi connectivity index (χ4v) is 2.88. The number of nitrogen functional groups attached to an aromatic ring is 1. The first-order valence-electron chi connectivity index (χ1n) is 8.06. The number of carbonyl (C=O) groups excluding carboxylic acids is 1. The predicted octanol–water partition coefficient (Wildman–Crippen LogP) is 2.15. The van der Waals surface area contributed by atoms with Crippen molar-refractivity contribution in [2.75, 3.05) is 5.73 Å². The van der Waals surface area contributed by atoms with E-state index in [1.165, 1.54) is 12.2 Å². The Hall–Kier alpha value is -3.38. The molecule has 0 saturated heterocycles. The topological polar surface area (TPSA) is 118 Å². The van der Waals surface area contributed by atoms with Crippen molar-refractivity contribution in [1.82, 2.24) is 5.32 Å². The number of carboxylic acids is 1. The minimum absolute atomic E-state index is 0.163. The summed E-state index contributed by atoms with van der Waals surface area (Å²) in [5, 5.41) is 12.3. The minimum Gasteiger partial charge on any atom is -0.478 e. The van der Waals surface area contributed by atoms with Crippen LogP contribution in [-0.4, -0.2) is 22.6 Å². The molecule has 0 spiro atoms. The first-order chi connectivity index (χ1) is 12.4. The van der Waals surface area contributed by atoms with Crippen LogP contribution in [0.15, 0.2) is 72.3 Å². The monoisotopic (exact) mass is 349 g/mol. The summed E-state index contributed by atoms with van der Waals surface area (Å²) in [7, 11) is 0. The van der Waals surface area contributed by atoms with Gasteiger partial charge < -0.3 is 21.9 Å². The van der Waals surface area contributed by atoms with Gasteiger partial charge in [-0.3, -0.25) is 4.79 Å². The molecule has 1 unspecified atom stereocenters. The summed E-state index contributed by atoms with van der Waals surface area (Å²) < 4.78 is 0. The highest BCUT2D eigenvalue weighted by Crippen LogP contribution is 2.32. The summed E-state index contributed by atoms with van der Waals surface area (Å²) in [6.07, 6.45) is 3.12. The molecule has 2 aromatic rings. The lowest BCUT2D eigenvalue weighted by Gasteiger charge is -2.32. The number of hydrogen-bond acceptors (Lipinski definition) is 4. The van der Waals surface area contributed by atoms with Crippen LogP contribution in [0, 0.1) is 0 Å². The van der Waals surface area contributed by atoms with E-state index in [9.17, 15) is 14.7 Å². The van der Waals surface area contributed by atoms with Crippen molar-refractivity contribution in [1.29, 1.82) is 0 Å². The maximum Gasteiger partial charge on any atom is 0.335 e. The Kier molecular flexibility index (Phi) is 4.60. The maximum atomic E-state index is 12.5. The molecule has 1 amide bonds. The van der Waals surface area contributed by atoms with Gasteiger partial charge in [0.1, 0.15) is 5.66 Å². The summed E-state index contributed by atoms with van der Waals surface area (Å²) in [4.78, 5) is 24.1. The molecule has 6 nitrogen and oxygen atoms in total. The van der Waals surface area contributed by atoms with Crippen LogP contribution in [0.5, 0.6) is 0 Å². The third-order valence-corrected chi connectivity index (χ3v) is 4.21. The normalized spacial score (nSPS) is 19.3. The van der Waals surface area contributed by atoms with Gasteiger partial charge in [-0.25, -0.2) is 4.79 Å². The van der Waals surface area contributed by atoms with Gasteiger partial charge in [0, 0.05) is 17.7 Å². The van der Waals surface area contributed by atoms with Crippen LogP contribution < -0.4 is 16.8 Å². The standard InChI is InChI=1S/C20H19N3O3/c21-15-8-6-14(7-9-15)18(24)23-20(22)11-10-16(19(25)26)17(12-20)13-4-2-1-3-5-13/h1-11H,12,21-22H2,(H,23,24)(H,25,26). The number of aliphatic carboxylic acids is 1. The molecule has 0 aliphatic heterocycles. The van der Waals surface area contributed by atoms with Gasteiger partial charge in [0.05, 0.1) is 5.57 Å². The van der Waals surface area contributed by atoms with E-state index in [1.807, 2.05) is 30.3 Å². The molecule has 26 heavy (non-hydrogen) atoms. The molecule has 0 radical (unpaired) electrons. The lowest BCUT2D eigenvalue weighted by Crippen LogP contribution is -2.55. The summed E-state index contributed by atoms with van der Waals surface area (Å²) in [5.41, 5.74) is 13.3. The van der Waals surface area contributed by atoms with Crippen LogP contribution in [0.3, 0.4) is 0 Å². The van der Waals surface area contributed by atoms with Gasteiger partial charge in [0.25, 0.3) is 5.91 Å². The summed E-state index contributed by atoms with van der Waals surface area (Å²) in [6, 6.07) is 15.6. The van der Waals surface area contributed by atoms with Crippen molar-refractivity contribution in [3.8, 4) is 0 Å². The molecule has 1 atom stereocenters. The zero-order valence-corrected chi connectivity index (χ0v) is 14.0. The van der Waals surface area contributed by atoms with Crippen molar-refractivity contribution < 1.29 is 14.7 Å². The average molecular weight is 349 g/mol. The Morgan fingerprint density at radius 3 is 2.31 bits per heavy atom. The number of amides is 1. The van der Waals surface area contributed by atoms with E-state index in [0.29, 0.717) is 16.8 Å². The summed E-state index contributed by atoms with van der Waals surface area (Å²) >= 11 is 0. The zero-order chi connectivity index (χ0) is 18.7. The maximum absolute atomic E-state index is 12.5. The summed E-state index contributed by atoms with van der Waals surface area (Å²) in [6.45, 7) is 0. The van der Waals surface area contributed by atoms with Crippen molar-refractivity contribution in [2.24, 2.45) is 5.73 Å². The van der Waals surface area contributed by atoms with Crippen LogP contribution in [-0.2, 0) is 4.79 Å². The highest BCUT2D eigenvalue weighted by atomic mass is 16.4. The number of nitrogens with two attached hydrogens (primary N) is 2. The molecule has 1 aliphatic carbocycles. The lowest BCUT2D eigenvalue weighted by atomic mass is 9.85. The third-order valence-electron chi connectivity index (χ3n) is 4.21.